The molecule has 0 N–H and O–H groups in total. The zero-order valence-corrected chi connectivity index (χ0v) is 28.9. The molecule has 51 heavy (non-hydrogen) atoms. The van der Waals surface area contributed by atoms with Crippen LogP contribution in [0.1, 0.15) is 55.4 Å². The monoisotopic (exact) mass is 703 g/mol. The van der Waals surface area contributed by atoms with E-state index in [0.717, 1.165) is 78.6 Å². The van der Waals surface area contributed by atoms with Gasteiger partial charge >= 0.3 is 6.18 Å². The molecular weight excluding hydrogens is 661 g/mol. The van der Waals surface area contributed by atoms with Crippen LogP contribution in [-0.2, 0) is 30.5 Å². The van der Waals surface area contributed by atoms with Crippen LogP contribution in [0.2, 0.25) is 0 Å². The van der Waals surface area contributed by atoms with Gasteiger partial charge in [0.15, 0.2) is 17.5 Å². The maximum absolute atomic E-state index is 14.6. The number of rotatable bonds is 11. The van der Waals surface area contributed by atoms with Gasteiger partial charge in [-0.15, -0.1) is 0 Å². The molecule has 0 atom stereocenters. The third-order valence-corrected chi connectivity index (χ3v) is 9.95. The van der Waals surface area contributed by atoms with E-state index in [2.05, 4.69) is 18.4 Å². The zero-order chi connectivity index (χ0) is 36.3. The van der Waals surface area contributed by atoms with Crippen molar-refractivity contribution in [3.05, 3.63) is 125 Å². The van der Waals surface area contributed by atoms with E-state index in [1.807, 2.05) is 53.3 Å². The van der Waals surface area contributed by atoms with Crippen molar-refractivity contribution in [3.8, 4) is 11.1 Å². The van der Waals surface area contributed by atoms with Gasteiger partial charge in [0.2, 0.25) is 5.91 Å². The highest BCUT2D eigenvalue weighted by Gasteiger charge is 2.33. The molecule has 0 radical (unpaired) electrons. The molecule has 0 spiro atoms. The van der Waals surface area contributed by atoms with E-state index in [9.17, 15) is 26.7 Å². The first-order valence-corrected chi connectivity index (χ1v) is 17.4. The van der Waals surface area contributed by atoms with E-state index in [-0.39, 0.29) is 30.5 Å². The first-order valence-electron chi connectivity index (χ1n) is 17.4. The molecule has 3 heterocycles. The maximum atomic E-state index is 14.6. The van der Waals surface area contributed by atoms with Gasteiger partial charge in [-0.3, -0.25) is 9.48 Å². The number of carbonyl (C=O) groups excluding carboxylic acids is 1. The van der Waals surface area contributed by atoms with Crippen LogP contribution in [0.3, 0.4) is 0 Å². The van der Waals surface area contributed by atoms with Crippen molar-refractivity contribution in [1.29, 1.82) is 0 Å². The Hall–Kier alpha value is -4.77. The molecule has 2 aliphatic heterocycles. The molecule has 1 amide bonds. The summed E-state index contributed by atoms with van der Waals surface area (Å²) in [5.74, 6) is -1.26. The molecule has 268 valence electrons. The first-order chi connectivity index (χ1) is 24.4. The SMILES string of the molecule is C=C1C=C(CCc2cccc(F)c2F)N(CC(=O)N(Cc2ccc(-c3ccc(C(F)(F)F)cc3)cc2)C2CCN(CC)CC2)c2nn(CC)cc21. The molecule has 0 aliphatic carbocycles. The number of fused-ring (bicyclic) bond motifs is 1. The van der Waals surface area contributed by atoms with Crippen LogP contribution >= 0.6 is 0 Å². The summed E-state index contributed by atoms with van der Waals surface area (Å²) in [6, 6.07) is 16.8. The fourth-order valence-electron chi connectivity index (χ4n) is 6.92. The summed E-state index contributed by atoms with van der Waals surface area (Å²) in [7, 11) is 0. The van der Waals surface area contributed by atoms with E-state index in [1.165, 1.54) is 18.2 Å². The fourth-order valence-corrected chi connectivity index (χ4v) is 6.92. The number of nitrogens with zero attached hydrogens (tertiary/aromatic N) is 5. The van der Waals surface area contributed by atoms with Crippen molar-refractivity contribution < 1.29 is 26.7 Å². The van der Waals surface area contributed by atoms with E-state index in [1.54, 1.807) is 10.7 Å². The van der Waals surface area contributed by atoms with Gasteiger partial charge in [0, 0.05) is 49.7 Å². The van der Waals surface area contributed by atoms with E-state index in [0.29, 0.717) is 30.9 Å². The predicted molar refractivity (Wildman–Crippen MR) is 190 cm³/mol. The summed E-state index contributed by atoms with van der Waals surface area (Å²) in [5.41, 5.74) is 4.19. The largest absolute Gasteiger partial charge is 0.416 e. The number of hydrogen-bond acceptors (Lipinski definition) is 4. The smallest absolute Gasteiger partial charge is 0.334 e. The minimum atomic E-state index is -4.40. The molecule has 11 heteroatoms. The minimum Gasteiger partial charge on any atom is -0.334 e. The van der Waals surface area contributed by atoms with Crippen LogP contribution in [0, 0.1) is 11.6 Å². The van der Waals surface area contributed by atoms with Gasteiger partial charge in [-0.1, -0.05) is 62.0 Å². The Morgan fingerprint density at radius 1 is 0.922 bits per heavy atom. The number of hydrogen-bond donors (Lipinski definition) is 0. The molecule has 1 fully saturated rings. The lowest BCUT2D eigenvalue weighted by Gasteiger charge is -2.40. The number of benzene rings is 3. The standard InChI is InChI=1S/C40H42F5N5O/c1-4-47-21-19-33(20-22-47)49(24-28-9-11-29(12-10-28)30-13-16-32(17-14-30)40(43,44)45)37(51)26-50-34(18-15-31-7-6-8-36(41)38(31)42)23-27(3)35-25-48(5-2)46-39(35)50/h6-14,16-17,23,25,33H,3-5,15,18-22,24,26H2,1-2H3. The normalized spacial score (nSPS) is 15.5. The minimum absolute atomic E-state index is 0.00358. The number of carbonyl (C=O) groups is 1. The molecule has 2 aliphatic rings. The average molecular weight is 704 g/mol. The van der Waals surface area contributed by atoms with Gasteiger partial charge in [0.25, 0.3) is 0 Å². The lowest BCUT2D eigenvalue weighted by Crippen LogP contribution is -2.50. The molecule has 6 rings (SSSR count). The lowest BCUT2D eigenvalue weighted by atomic mass is 9.98. The Bertz CT molecular complexity index is 1890. The first kappa shape index (κ1) is 36.0. The number of likely N-dealkylation sites (tertiary alicyclic amines) is 1. The molecule has 6 nitrogen and oxygen atoms in total. The summed E-state index contributed by atoms with van der Waals surface area (Å²) >= 11 is 0. The Morgan fingerprint density at radius 3 is 2.22 bits per heavy atom. The van der Waals surface area contributed by atoms with Gasteiger partial charge in [0.05, 0.1) is 5.56 Å². The summed E-state index contributed by atoms with van der Waals surface area (Å²) in [4.78, 5) is 20.7. The Kier molecular flexibility index (Phi) is 10.8. The highest BCUT2D eigenvalue weighted by molar-refractivity contribution is 5.89. The van der Waals surface area contributed by atoms with Gasteiger partial charge in [-0.25, -0.2) is 8.78 Å². The van der Waals surface area contributed by atoms with E-state index >= 15 is 0 Å². The molecule has 3 aromatic carbocycles. The maximum Gasteiger partial charge on any atom is 0.416 e. The van der Waals surface area contributed by atoms with Crippen molar-refractivity contribution in [2.24, 2.45) is 0 Å². The lowest BCUT2D eigenvalue weighted by molar-refractivity contribution is -0.137. The number of allylic oxidation sites excluding steroid dienone is 3. The average Bonchev–Trinajstić information content (AvgIpc) is 3.58. The summed E-state index contributed by atoms with van der Waals surface area (Å²) < 4.78 is 69.7. The van der Waals surface area contributed by atoms with Crippen LogP contribution in [0.4, 0.5) is 27.8 Å². The fraction of sp³-hybridized carbons (Fsp3) is 0.350. The van der Waals surface area contributed by atoms with Crippen LogP contribution in [0.25, 0.3) is 16.7 Å². The second-order valence-corrected chi connectivity index (χ2v) is 13.1. The second-order valence-electron chi connectivity index (χ2n) is 13.1. The molecule has 0 saturated carbocycles. The van der Waals surface area contributed by atoms with Gasteiger partial charge in [-0.2, -0.15) is 18.3 Å². The number of piperidine rings is 1. The van der Waals surface area contributed by atoms with Crippen molar-refractivity contribution in [2.75, 3.05) is 31.1 Å². The third-order valence-electron chi connectivity index (χ3n) is 9.95. The van der Waals surface area contributed by atoms with Gasteiger partial charge in [-0.05, 0) is 91.3 Å². The van der Waals surface area contributed by atoms with Gasteiger partial charge in [0.1, 0.15) is 6.54 Å². The topological polar surface area (TPSA) is 44.6 Å². The number of halogens is 5. The Balaban J connectivity index is 1.26. The number of alkyl halides is 3. The molecule has 0 unspecified atom stereocenters. The Morgan fingerprint density at radius 2 is 1.59 bits per heavy atom. The molecule has 4 aromatic rings. The van der Waals surface area contributed by atoms with Crippen molar-refractivity contribution in [2.45, 2.75) is 64.8 Å². The summed E-state index contributed by atoms with van der Waals surface area (Å²) in [6.45, 7) is 12.0. The van der Waals surface area contributed by atoms with E-state index < -0.39 is 23.4 Å². The van der Waals surface area contributed by atoms with Crippen molar-refractivity contribution >= 4 is 17.3 Å². The third kappa shape index (κ3) is 8.09. The molecular formula is C40H42F5N5O. The molecule has 1 aromatic heterocycles. The van der Waals surface area contributed by atoms with E-state index in [4.69, 9.17) is 5.10 Å². The highest BCUT2D eigenvalue weighted by Crippen LogP contribution is 2.37. The number of aryl methyl sites for hydroxylation is 2. The van der Waals surface area contributed by atoms with Crippen molar-refractivity contribution in [1.82, 2.24) is 19.6 Å². The van der Waals surface area contributed by atoms with Crippen molar-refractivity contribution in [3.63, 3.8) is 0 Å². The predicted octanol–water partition coefficient (Wildman–Crippen LogP) is 8.73. The highest BCUT2D eigenvalue weighted by atomic mass is 19.4. The second kappa shape index (κ2) is 15.2. The summed E-state index contributed by atoms with van der Waals surface area (Å²) in [5, 5.41) is 4.79. The summed E-state index contributed by atoms with van der Waals surface area (Å²) in [6.07, 6.45) is 1.60. The number of amides is 1. The Labute approximate surface area is 295 Å². The number of aromatic nitrogens is 2. The zero-order valence-electron chi connectivity index (χ0n) is 28.9. The van der Waals surface area contributed by atoms with Gasteiger partial charge < -0.3 is 14.7 Å². The van der Waals surface area contributed by atoms with Crippen LogP contribution in [-0.4, -0.2) is 57.7 Å². The molecule has 1 saturated heterocycles. The molecule has 0 bridgehead atoms. The van der Waals surface area contributed by atoms with Crippen LogP contribution < -0.4 is 4.90 Å². The van der Waals surface area contributed by atoms with Crippen LogP contribution in [0.15, 0.2) is 91.3 Å². The van der Waals surface area contributed by atoms with Crippen LogP contribution in [0.5, 0.6) is 0 Å². The number of anilines is 1. The quantitative estimate of drug-likeness (QED) is 0.147.